The predicted octanol–water partition coefficient (Wildman–Crippen LogP) is 4.53. The van der Waals surface area contributed by atoms with E-state index in [0.717, 1.165) is 50.3 Å². The van der Waals surface area contributed by atoms with Gasteiger partial charge in [-0.15, -0.1) is 0 Å². The number of rotatable bonds is 5. The van der Waals surface area contributed by atoms with Crippen molar-refractivity contribution in [1.29, 1.82) is 0 Å². The zero-order valence-corrected chi connectivity index (χ0v) is 21.6. The number of carbonyl (C=O) groups is 1. The number of ether oxygens (including phenoxy) is 1. The van der Waals surface area contributed by atoms with E-state index in [9.17, 15) is 23.1 Å². The first kappa shape index (κ1) is 26.9. The van der Waals surface area contributed by atoms with E-state index in [4.69, 9.17) is 4.74 Å². The van der Waals surface area contributed by atoms with Gasteiger partial charge in [0.2, 0.25) is 0 Å². The van der Waals surface area contributed by atoms with Crippen molar-refractivity contribution in [2.24, 2.45) is 23.7 Å². The fourth-order valence-electron chi connectivity index (χ4n) is 6.44. The Morgan fingerprint density at radius 1 is 1.25 bits per heavy atom. The van der Waals surface area contributed by atoms with E-state index in [-0.39, 0.29) is 23.9 Å². The molecule has 1 saturated carbocycles. The molecule has 1 saturated heterocycles. The van der Waals surface area contributed by atoms with Crippen LogP contribution in [0.3, 0.4) is 0 Å². The van der Waals surface area contributed by atoms with Crippen molar-refractivity contribution < 1.29 is 27.8 Å². The SMILES string of the molecule is CC(=O)O[C@@H]1C[C@@]2(O)[C@H](C)CC[C@@H]([C@@H](C)CN3CCN(c4ccc(C(F)(F)F)cn4)CC3)[C@H]2C=C1C. The Balaban J connectivity index is 1.37. The lowest BCUT2D eigenvalue weighted by molar-refractivity contribution is -0.159. The number of hydrogen-bond donors (Lipinski definition) is 1. The number of nitrogens with zero attached hydrogens (tertiary/aromatic N) is 3. The lowest BCUT2D eigenvalue weighted by Gasteiger charge is -2.53. The molecular formula is C27H38F3N3O3. The van der Waals surface area contributed by atoms with Crippen LogP contribution in [0.25, 0.3) is 0 Å². The summed E-state index contributed by atoms with van der Waals surface area (Å²) in [6.45, 7) is 11.7. The normalized spacial score (nSPS) is 32.4. The van der Waals surface area contributed by atoms with Crippen LogP contribution in [0.2, 0.25) is 0 Å². The number of alkyl halides is 3. The first-order chi connectivity index (χ1) is 16.9. The fraction of sp³-hybridized carbons (Fsp3) is 0.704. The van der Waals surface area contributed by atoms with Crippen LogP contribution in [0.15, 0.2) is 30.0 Å². The van der Waals surface area contributed by atoms with Gasteiger partial charge in [-0.2, -0.15) is 13.2 Å². The monoisotopic (exact) mass is 509 g/mol. The molecule has 9 heteroatoms. The quantitative estimate of drug-likeness (QED) is 0.465. The summed E-state index contributed by atoms with van der Waals surface area (Å²) in [6, 6.07) is 2.54. The number of fused-ring (bicyclic) bond motifs is 1. The van der Waals surface area contributed by atoms with Gasteiger partial charge in [0.05, 0.1) is 11.2 Å². The van der Waals surface area contributed by atoms with Gasteiger partial charge in [-0.1, -0.05) is 19.9 Å². The molecule has 200 valence electrons. The third kappa shape index (κ3) is 5.57. The second-order valence-corrected chi connectivity index (χ2v) is 11.0. The van der Waals surface area contributed by atoms with E-state index in [1.807, 2.05) is 11.8 Å². The predicted molar refractivity (Wildman–Crippen MR) is 131 cm³/mol. The molecule has 0 unspecified atom stereocenters. The number of esters is 1. The molecule has 36 heavy (non-hydrogen) atoms. The molecule has 3 aliphatic rings. The molecule has 2 aliphatic carbocycles. The molecule has 2 fully saturated rings. The number of pyridine rings is 1. The van der Waals surface area contributed by atoms with Crippen LogP contribution in [0.1, 0.15) is 52.5 Å². The number of carbonyl (C=O) groups excluding carboxylic acids is 1. The first-order valence-corrected chi connectivity index (χ1v) is 13.0. The highest BCUT2D eigenvalue weighted by Crippen LogP contribution is 2.51. The van der Waals surface area contributed by atoms with Crippen LogP contribution in [-0.2, 0) is 15.7 Å². The molecule has 1 aromatic heterocycles. The van der Waals surface area contributed by atoms with Gasteiger partial charge in [0.1, 0.15) is 11.9 Å². The van der Waals surface area contributed by atoms with Crippen LogP contribution < -0.4 is 4.90 Å². The van der Waals surface area contributed by atoms with Gasteiger partial charge < -0.3 is 14.7 Å². The molecule has 4 rings (SSSR count). The minimum Gasteiger partial charge on any atom is -0.458 e. The molecule has 0 amide bonds. The average Bonchev–Trinajstić information content (AvgIpc) is 2.81. The largest absolute Gasteiger partial charge is 0.458 e. The smallest absolute Gasteiger partial charge is 0.417 e. The molecule has 1 N–H and O–H groups in total. The average molecular weight is 510 g/mol. The topological polar surface area (TPSA) is 65.9 Å². The molecular weight excluding hydrogens is 471 g/mol. The van der Waals surface area contributed by atoms with Crippen molar-refractivity contribution in [2.45, 2.75) is 64.8 Å². The Labute approximate surface area is 211 Å². The Hall–Kier alpha value is -2.13. The van der Waals surface area contributed by atoms with Crippen molar-refractivity contribution in [2.75, 3.05) is 37.6 Å². The van der Waals surface area contributed by atoms with E-state index in [2.05, 4.69) is 29.8 Å². The summed E-state index contributed by atoms with van der Waals surface area (Å²) in [6.07, 6.45) is 0.747. The van der Waals surface area contributed by atoms with Crippen LogP contribution >= 0.6 is 0 Å². The number of aromatic nitrogens is 1. The maximum absolute atomic E-state index is 12.8. The molecule has 6 atom stereocenters. The second kappa shape index (κ2) is 10.3. The van der Waals surface area contributed by atoms with Gasteiger partial charge >= 0.3 is 12.1 Å². The highest BCUT2D eigenvalue weighted by molar-refractivity contribution is 5.66. The van der Waals surface area contributed by atoms with E-state index in [1.165, 1.54) is 13.0 Å². The molecule has 0 radical (unpaired) electrons. The van der Waals surface area contributed by atoms with Crippen molar-refractivity contribution in [3.05, 3.63) is 35.5 Å². The first-order valence-electron chi connectivity index (χ1n) is 13.0. The summed E-state index contributed by atoms with van der Waals surface area (Å²) in [7, 11) is 0. The molecule has 0 spiro atoms. The van der Waals surface area contributed by atoms with E-state index in [0.29, 0.717) is 37.2 Å². The highest BCUT2D eigenvalue weighted by Gasteiger charge is 2.52. The van der Waals surface area contributed by atoms with Gasteiger partial charge in [-0.05, 0) is 55.2 Å². The fourth-order valence-corrected chi connectivity index (χ4v) is 6.44. The number of anilines is 1. The summed E-state index contributed by atoms with van der Waals surface area (Å²) in [5, 5.41) is 11.8. The third-order valence-electron chi connectivity index (χ3n) is 8.64. The zero-order valence-electron chi connectivity index (χ0n) is 21.6. The van der Waals surface area contributed by atoms with Crippen LogP contribution in [-0.4, -0.2) is 65.4 Å². The maximum Gasteiger partial charge on any atom is 0.417 e. The zero-order chi connectivity index (χ0) is 26.3. The molecule has 0 bridgehead atoms. The summed E-state index contributed by atoms with van der Waals surface area (Å²) in [5.74, 6) is 1.10. The van der Waals surface area contributed by atoms with Crippen molar-refractivity contribution >= 4 is 11.8 Å². The molecule has 2 heterocycles. The van der Waals surface area contributed by atoms with Gasteiger partial charge in [-0.25, -0.2) is 4.98 Å². The lowest BCUT2D eigenvalue weighted by atomic mass is 9.57. The summed E-state index contributed by atoms with van der Waals surface area (Å²) in [5.41, 5.74) is -0.598. The molecule has 6 nitrogen and oxygen atoms in total. The molecule has 0 aromatic carbocycles. The number of aliphatic hydroxyl groups is 1. The minimum atomic E-state index is -4.38. The number of piperazine rings is 1. The number of halogens is 3. The van der Waals surface area contributed by atoms with Crippen molar-refractivity contribution in [3.63, 3.8) is 0 Å². The van der Waals surface area contributed by atoms with Crippen molar-refractivity contribution in [1.82, 2.24) is 9.88 Å². The van der Waals surface area contributed by atoms with Crippen LogP contribution in [0.4, 0.5) is 19.0 Å². The van der Waals surface area contributed by atoms with E-state index >= 15 is 0 Å². The van der Waals surface area contributed by atoms with Gasteiger partial charge in [0, 0.05) is 58.2 Å². The Bertz CT molecular complexity index is 959. The lowest BCUT2D eigenvalue weighted by Crippen LogP contribution is -2.56. The Morgan fingerprint density at radius 2 is 1.94 bits per heavy atom. The second-order valence-electron chi connectivity index (χ2n) is 11.0. The number of hydrogen-bond acceptors (Lipinski definition) is 6. The Kier molecular flexibility index (Phi) is 7.72. The van der Waals surface area contributed by atoms with Gasteiger partial charge in [-0.3, -0.25) is 9.69 Å². The highest BCUT2D eigenvalue weighted by atomic mass is 19.4. The van der Waals surface area contributed by atoms with Gasteiger partial charge in [0.25, 0.3) is 0 Å². The molecule has 1 aromatic rings. The molecule has 1 aliphatic heterocycles. The summed E-state index contributed by atoms with van der Waals surface area (Å²) in [4.78, 5) is 20.1. The standard InChI is InChI=1S/C27H38F3N3O3/c1-17-13-23-22(7-5-19(3)26(23,35)14-24(17)36-20(4)34)18(2)16-32-9-11-33(12-10-32)25-8-6-21(15-31-25)27(28,29)30/h6,8,13,15,18-19,22-24,35H,5,7,9-12,14,16H2,1-4H3/t18-,19+,22-,23+,24+,26+/m0/s1. The van der Waals surface area contributed by atoms with Crippen LogP contribution in [0, 0.1) is 23.7 Å². The van der Waals surface area contributed by atoms with Crippen molar-refractivity contribution in [3.8, 4) is 0 Å². The Morgan fingerprint density at radius 3 is 2.53 bits per heavy atom. The van der Waals surface area contributed by atoms with Gasteiger partial charge in [0.15, 0.2) is 0 Å². The van der Waals surface area contributed by atoms with E-state index in [1.54, 1.807) is 0 Å². The summed E-state index contributed by atoms with van der Waals surface area (Å²) < 4.78 is 44.0. The van der Waals surface area contributed by atoms with Crippen LogP contribution in [0.5, 0.6) is 0 Å². The minimum absolute atomic E-state index is 0.0284. The third-order valence-corrected chi connectivity index (χ3v) is 8.64. The maximum atomic E-state index is 12.8. The summed E-state index contributed by atoms with van der Waals surface area (Å²) >= 11 is 0. The van der Waals surface area contributed by atoms with E-state index < -0.39 is 17.3 Å².